The van der Waals surface area contributed by atoms with Crippen LogP contribution in [0.15, 0.2) is 24.3 Å². The molecule has 0 radical (unpaired) electrons. The van der Waals surface area contributed by atoms with Gasteiger partial charge in [0.2, 0.25) is 5.91 Å². The summed E-state index contributed by atoms with van der Waals surface area (Å²) in [5, 5.41) is 5.62. The van der Waals surface area contributed by atoms with Crippen molar-refractivity contribution in [1.82, 2.24) is 10.6 Å². The number of carbonyl (C=O) groups is 2. The normalized spacial score (nSPS) is 10.2. The summed E-state index contributed by atoms with van der Waals surface area (Å²) in [6.07, 6.45) is 0. The molecule has 0 aliphatic rings. The maximum Gasteiger partial charge on any atom is 0.253 e. The van der Waals surface area contributed by atoms with Crippen LogP contribution >= 0.6 is 11.6 Å². The third kappa shape index (κ3) is 4.75. The number of hydrogen-bond acceptors (Lipinski definition) is 2. The van der Waals surface area contributed by atoms with Gasteiger partial charge in [-0.1, -0.05) is 37.6 Å². The zero-order valence-corrected chi connectivity index (χ0v) is 11.3. The summed E-state index contributed by atoms with van der Waals surface area (Å²) in [5.41, 5.74) is 0.371. The maximum atomic E-state index is 11.7. The molecule has 5 heteroatoms. The van der Waals surface area contributed by atoms with Gasteiger partial charge in [0.05, 0.1) is 17.1 Å². The minimum atomic E-state index is -0.347. The number of amides is 2. The quantitative estimate of drug-likeness (QED) is 0.856. The predicted molar refractivity (Wildman–Crippen MR) is 71.6 cm³/mol. The fourth-order valence-corrected chi connectivity index (χ4v) is 1.50. The molecular formula is C13H17ClN2O2. The highest BCUT2D eigenvalue weighted by Gasteiger charge is 2.10. The van der Waals surface area contributed by atoms with E-state index in [1.165, 1.54) is 0 Å². The maximum absolute atomic E-state index is 11.7. The number of benzene rings is 1. The van der Waals surface area contributed by atoms with Crippen molar-refractivity contribution in [3.8, 4) is 0 Å². The monoisotopic (exact) mass is 268 g/mol. The van der Waals surface area contributed by atoms with Crippen molar-refractivity contribution in [2.24, 2.45) is 5.92 Å². The summed E-state index contributed by atoms with van der Waals surface area (Å²) in [6, 6.07) is 6.72. The number of rotatable bonds is 5. The molecule has 0 aliphatic heterocycles. The van der Waals surface area contributed by atoms with Crippen molar-refractivity contribution in [3.05, 3.63) is 34.9 Å². The fourth-order valence-electron chi connectivity index (χ4n) is 1.28. The van der Waals surface area contributed by atoms with Gasteiger partial charge in [-0.15, -0.1) is 0 Å². The summed E-state index contributed by atoms with van der Waals surface area (Å²) in [4.78, 5) is 23.1. The lowest BCUT2D eigenvalue weighted by Gasteiger charge is -2.09. The van der Waals surface area contributed by atoms with Gasteiger partial charge in [0, 0.05) is 6.54 Å². The van der Waals surface area contributed by atoms with E-state index < -0.39 is 0 Å². The lowest BCUT2D eigenvalue weighted by atomic mass is 10.2. The summed E-state index contributed by atoms with van der Waals surface area (Å²) in [7, 11) is 0. The van der Waals surface area contributed by atoms with E-state index in [0.717, 1.165) is 0 Å². The Bertz CT molecular complexity index is 433. The molecule has 0 heterocycles. The van der Waals surface area contributed by atoms with Crippen LogP contribution in [0.1, 0.15) is 24.2 Å². The predicted octanol–water partition coefficient (Wildman–Crippen LogP) is 1.84. The van der Waals surface area contributed by atoms with E-state index in [1.54, 1.807) is 24.3 Å². The van der Waals surface area contributed by atoms with E-state index in [-0.39, 0.29) is 18.4 Å². The lowest BCUT2D eigenvalue weighted by Crippen LogP contribution is -2.38. The first-order valence-electron chi connectivity index (χ1n) is 5.80. The van der Waals surface area contributed by atoms with Gasteiger partial charge in [-0.3, -0.25) is 9.59 Å². The molecule has 0 atom stereocenters. The molecule has 0 aromatic heterocycles. The minimum absolute atomic E-state index is 0.0449. The molecule has 2 amide bonds. The van der Waals surface area contributed by atoms with Gasteiger partial charge in [-0.2, -0.15) is 0 Å². The van der Waals surface area contributed by atoms with Gasteiger partial charge in [0.15, 0.2) is 0 Å². The third-order valence-electron chi connectivity index (χ3n) is 2.24. The third-order valence-corrected chi connectivity index (χ3v) is 2.57. The molecule has 4 nitrogen and oxygen atoms in total. The highest BCUT2D eigenvalue weighted by molar-refractivity contribution is 6.33. The molecule has 0 unspecified atom stereocenters. The van der Waals surface area contributed by atoms with Crippen LogP contribution in [0.3, 0.4) is 0 Å². The molecule has 1 rings (SSSR count). The van der Waals surface area contributed by atoms with E-state index in [4.69, 9.17) is 11.6 Å². The van der Waals surface area contributed by atoms with Crippen molar-refractivity contribution in [2.75, 3.05) is 13.1 Å². The highest BCUT2D eigenvalue weighted by Crippen LogP contribution is 2.14. The number of halogens is 1. The number of carbonyl (C=O) groups excluding carboxylic acids is 2. The molecule has 0 saturated carbocycles. The van der Waals surface area contributed by atoms with Crippen LogP contribution in [-0.4, -0.2) is 24.9 Å². The minimum Gasteiger partial charge on any atom is -0.354 e. The van der Waals surface area contributed by atoms with Gasteiger partial charge >= 0.3 is 0 Å². The van der Waals surface area contributed by atoms with Crippen molar-refractivity contribution in [2.45, 2.75) is 13.8 Å². The van der Waals surface area contributed by atoms with Gasteiger partial charge in [-0.25, -0.2) is 0 Å². The number of nitrogens with one attached hydrogen (secondary N) is 2. The van der Waals surface area contributed by atoms with Crippen molar-refractivity contribution < 1.29 is 9.59 Å². The Hall–Kier alpha value is -1.55. The zero-order valence-electron chi connectivity index (χ0n) is 10.5. The second kappa shape index (κ2) is 7.01. The average Bonchev–Trinajstić information content (AvgIpc) is 2.34. The van der Waals surface area contributed by atoms with Crippen LogP contribution in [-0.2, 0) is 4.79 Å². The lowest BCUT2D eigenvalue weighted by molar-refractivity contribution is -0.120. The Balaban J connectivity index is 2.42. The molecule has 0 spiro atoms. The molecule has 0 fully saturated rings. The van der Waals surface area contributed by atoms with E-state index >= 15 is 0 Å². The average molecular weight is 269 g/mol. The largest absolute Gasteiger partial charge is 0.354 e. The Morgan fingerprint density at radius 1 is 1.22 bits per heavy atom. The number of hydrogen-bond donors (Lipinski definition) is 2. The van der Waals surface area contributed by atoms with E-state index in [1.807, 2.05) is 13.8 Å². The molecule has 0 aliphatic carbocycles. The zero-order chi connectivity index (χ0) is 13.5. The summed E-state index contributed by atoms with van der Waals surface area (Å²) < 4.78 is 0. The summed E-state index contributed by atoms with van der Waals surface area (Å²) in [5.74, 6) is -0.169. The highest BCUT2D eigenvalue weighted by atomic mass is 35.5. The Morgan fingerprint density at radius 2 is 1.89 bits per heavy atom. The summed E-state index contributed by atoms with van der Waals surface area (Å²) >= 11 is 5.88. The molecule has 1 aromatic rings. The molecular weight excluding hydrogens is 252 g/mol. The van der Waals surface area contributed by atoms with Gasteiger partial charge in [0.25, 0.3) is 5.91 Å². The van der Waals surface area contributed by atoms with Crippen LogP contribution in [0, 0.1) is 5.92 Å². The van der Waals surface area contributed by atoms with E-state index in [9.17, 15) is 9.59 Å². The summed E-state index contributed by atoms with van der Waals surface area (Å²) in [6.45, 7) is 4.56. The van der Waals surface area contributed by atoms with Crippen LogP contribution in [0.25, 0.3) is 0 Å². The molecule has 2 N–H and O–H groups in total. The van der Waals surface area contributed by atoms with Crippen molar-refractivity contribution in [3.63, 3.8) is 0 Å². The topological polar surface area (TPSA) is 58.2 Å². The Kier molecular flexibility index (Phi) is 5.65. The second-order valence-corrected chi connectivity index (χ2v) is 4.77. The molecule has 18 heavy (non-hydrogen) atoms. The van der Waals surface area contributed by atoms with E-state index in [2.05, 4.69) is 10.6 Å². The first kappa shape index (κ1) is 14.5. The first-order valence-corrected chi connectivity index (χ1v) is 6.18. The Morgan fingerprint density at radius 3 is 2.50 bits per heavy atom. The fraction of sp³-hybridized carbons (Fsp3) is 0.385. The van der Waals surface area contributed by atoms with Crippen LogP contribution in [0.4, 0.5) is 0 Å². The molecule has 1 aromatic carbocycles. The molecule has 98 valence electrons. The van der Waals surface area contributed by atoms with Gasteiger partial charge in [0.1, 0.15) is 0 Å². The second-order valence-electron chi connectivity index (χ2n) is 4.36. The molecule has 0 saturated heterocycles. The molecule has 0 bridgehead atoms. The van der Waals surface area contributed by atoms with Gasteiger partial charge in [-0.05, 0) is 18.1 Å². The standard InChI is InChI=1S/C13H17ClN2O2/c1-9(2)7-15-12(17)8-16-13(18)10-5-3-4-6-11(10)14/h3-6,9H,7-8H2,1-2H3,(H,15,17)(H,16,18). The van der Waals surface area contributed by atoms with Crippen LogP contribution < -0.4 is 10.6 Å². The van der Waals surface area contributed by atoms with Crippen LogP contribution in [0.2, 0.25) is 5.02 Å². The van der Waals surface area contributed by atoms with Crippen molar-refractivity contribution in [1.29, 1.82) is 0 Å². The first-order chi connectivity index (χ1) is 8.50. The van der Waals surface area contributed by atoms with E-state index in [0.29, 0.717) is 23.0 Å². The smallest absolute Gasteiger partial charge is 0.253 e. The van der Waals surface area contributed by atoms with Crippen molar-refractivity contribution >= 4 is 23.4 Å². The Labute approximate surface area is 112 Å². The van der Waals surface area contributed by atoms with Gasteiger partial charge < -0.3 is 10.6 Å². The SMILES string of the molecule is CC(C)CNC(=O)CNC(=O)c1ccccc1Cl. The van der Waals surface area contributed by atoms with Crippen LogP contribution in [0.5, 0.6) is 0 Å².